The lowest BCUT2D eigenvalue weighted by Gasteiger charge is -2.66. The number of imide groups is 1. The summed E-state index contributed by atoms with van der Waals surface area (Å²) >= 11 is 0. The minimum Gasteiger partial charge on any atom is -0.456 e. The SMILES string of the molecule is C=C(C)C(=O)N1C(=O)C2C3CC(C4CCCC43)C21.C=C(C)C(=O)OC12CC3(C)CC(O)(CC(O)(C3)C1)C2.C=C(C)C(=O)OCC(=O)OC12CC3CC(O)(CC(O)(C3)C1)C2. The number of ether oxygens (including phenoxy) is 3. The van der Waals surface area contributed by atoms with Crippen molar-refractivity contribution < 1.29 is 58.6 Å². The van der Waals surface area contributed by atoms with E-state index in [9.17, 15) is 44.4 Å². The Morgan fingerprint density at radius 3 is 1.73 bits per heavy atom. The molecule has 11 aliphatic carbocycles. The van der Waals surface area contributed by atoms with Crippen molar-refractivity contribution in [3.8, 4) is 0 Å². The zero-order valence-corrected chi connectivity index (χ0v) is 35.2. The van der Waals surface area contributed by atoms with Gasteiger partial charge in [0.15, 0.2) is 6.61 Å². The second-order valence-corrected chi connectivity index (χ2v) is 21.8. The van der Waals surface area contributed by atoms with Crippen molar-refractivity contribution in [1.29, 1.82) is 0 Å². The summed E-state index contributed by atoms with van der Waals surface area (Å²) in [6, 6.07) is 0.228. The number of hydrogen-bond acceptors (Lipinski definition) is 12. The highest BCUT2D eigenvalue weighted by Gasteiger charge is 2.70. The van der Waals surface area contributed by atoms with Gasteiger partial charge in [-0.3, -0.25) is 14.5 Å². The van der Waals surface area contributed by atoms with Gasteiger partial charge in [-0.2, -0.15) is 0 Å². The Bertz CT molecular complexity index is 1830. The minimum absolute atomic E-state index is 0.0888. The number of hydrogen-bond donors (Lipinski definition) is 4. The van der Waals surface area contributed by atoms with E-state index in [0.717, 1.165) is 18.3 Å². The molecule has 0 aromatic heterocycles. The van der Waals surface area contributed by atoms with Gasteiger partial charge in [0.1, 0.15) is 11.2 Å². The molecule has 10 atom stereocenters. The number of fused-ring (bicyclic) bond motifs is 8. The van der Waals surface area contributed by atoms with Gasteiger partial charge >= 0.3 is 17.9 Å². The maximum absolute atomic E-state index is 12.2. The van der Waals surface area contributed by atoms with Crippen molar-refractivity contribution in [1.82, 2.24) is 4.90 Å². The number of amides is 2. The highest BCUT2D eigenvalue weighted by Crippen LogP contribution is 2.67. The van der Waals surface area contributed by atoms with Crippen LogP contribution in [0.3, 0.4) is 0 Å². The molecule has 0 aromatic rings. The van der Waals surface area contributed by atoms with E-state index >= 15 is 0 Å². The number of esters is 3. The summed E-state index contributed by atoms with van der Waals surface area (Å²) in [5.74, 6) is 1.37. The van der Waals surface area contributed by atoms with Crippen LogP contribution in [0.5, 0.6) is 0 Å². The lowest BCUT2D eigenvalue weighted by molar-refractivity contribution is -0.280. The molecule has 1 aliphatic heterocycles. The molecule has 12 aliphatic rings. The molecule has 0 aromatic carbocycles. The summed E-state index contributed by atoms with van der Waals surface area (Å²) in [6.45, 7) is 17.2. The van der Waals surface area contributed by atoms with E-state index in [4.69, 9.17) is 14.2 Å². The van der Waals surface area contributed by atoms with Gasteiger partial charge in [0.2, 0.25) is 5.91 Å². The average Bonchev–Trinajstić information content (AvgIpc) is 3.75. The zero-order chi connectivity index (χ0) is 42.9. The van der Waals surface area contributed by atoms with Gasteiger partial charge in [-0.05, 0) is 114 Å². The Morgan fingerprint density at radius 1 is 0.661 bits per heavy atom. The molecule has 12 rings (SSSR count). The van der Waals surface area contributed by atoms with Crippen molar-refractivity contribution in [3.05, 3.63) is 36.5 Å². The third kappa shape index (κ3) is 7.43. The Labute approximate surface area is 346 Å². The Balaban J connectivity index is 0.000000124. The van der Waals surface area contributed by atoms with Crippen LogP contribution in [0.15, 0.2) is 36.5 Å². The van der Waals surface area contributed by atoms with Crippen LogP contribution in [0.25, 0.3) is 0 Å². The Hall–Kier alpha value is -3.39. The predicted octanol–water partition coefficient (Wildman–Crippen LogP) is 4.52. The number of rotatable bonds is 7. The number of aliphatic hydroxyl groups is 4. The van der Waals surface area contributed by atoms with Gasteiger partial charge in [-0.15, -0.1) is 0 Å². The van der Waals surface area contributed by atoms with E-state index in [1.165, 1.54) is 37.5 Å². The molecule has 13 heteroatoms. The molecule has 59 heavy (non-hydrogen) atoms. The molecular weight excluding hydrogens is 759 g/mol. The third-order valence-electron chi connectivity index (χ3n) is 15.8. The number of β-lactam (4-membered cyclic amide) rings is 1. The summed E-state index contributed by atoms with van der Waals surface area (Å²) in [5, 5.41) is 42.5. The highest BCUT2D eigenvalue weighted by atomic mass is 16.6. The molecule has 13 nitrogen and oxygen atoms in total. The smallest absolute Gasteiger partial charge is 0.344 e. The maximum atomic E-state index is 12.2. The Morgan fingerprint density at radius 2 is 1.20 bits per heavy atom. The van der Waals surface area contributed by atoms with Crippen molar-refractivity contribution >= 4 is 29.7 Å². The molecular formula is C46H63NO12. The average molecular weight is 822 g/mol. The molecule has 324 valence electrons. The number of likely N-dealkylation sites (tertiary alicyclic amines) is 1. The summed E-state index contributed by atoms with van der Waals surface area (Å²) in [5.41, 5.74) is -4.34. The molecule has 10 bridgehead atoms. The minimum atomic E-state index is -0.956. The van der Waals surface area contributed by atoms with Crippen LogP contribution in [-0.4, -0.2) is 101 Å². The summed E-state index contributed by atoms with van der Waals surface area (Å²) < 4.78 is 16.0. The Kier molecular flexibility index (Phi) is 9.90. The summed E-state index contributed by atoms with van der Waals surface area (Å²) in [4.78, 5) is 60.9. The zero-order valence-electron chi connectivity index (χ0n) is 35.2. The first-order chi connectivity index (χ1) is 27.3. The first kappa shape index (κ1) is 42.3. The van der Waals surface area contributed by atoms with Crippen LogP contribution >= 0.6 is 0 Å². The maximum Gasteiger partial charge on any atom is 0.344 e. The van der Waals surface area contributed by atoms with Gasteiger partial charge in [-0.25, -0.2) is 14.4 Å². The summed E-state index contributed by atoms with van der Waals surface area (Å²) in [6.07, 6.45) is 11.5. The first-order valence-electron chi connectivity index (χ1n) is 21.7. The largest absolute Gasteiger partial charge is 0.456 e. The summed E-state index contributed by atoms with van der Waals surface area (Å²) in [7, 11) is 0. The van der Waals surface area contributed by atoms with Gasteiger partial charge in [-0.1, -0.05) is 33.1 Å². The molecule has 10 unspecified atom stereocenters. The van der Waals surface area contributed by atoms with Crippen molar-refractivity contribution in [3.63, 3.8) is 0 Å². The van der Waals surface area contributed by atoms with Crippen molar-refractivity contribution in [2.45, 2.75) is 170 Å². The molecule has 4 N–H and O–H groups in total. The van der Waals surface area contributed by atoms with Crippen molar-refractivity contribution in [2.75, 3.05) is 6.61 Å². The standard InChI is InChI=1S/C16H22O6.C15H19NO2.C15H22O4/c1-10(2)13(18)21-6-12(17)22-16-5-11-3-14(19,8-16)7-15(20,4-11)9-16;1-7(2)14(17)16-13-11-6-10(12(13)15(16)18)8-4-3-5-9(8)11;1-10(2)11(16)19-15-6-12(3)4-13(17,8-15)7-14(18,5-12)9-15/h11,19-20H,1,3-9H2,2H3;8-13H,1,3-6H2,2H3;17-18H,1,4-9H2,2-3H3. The van der Waals surface area contributed by atoms with E-state index in [-0.39, 0.29) is 40.7 Å². The van der Waals surface area contributed by atoms with E-state index in [0.29, 0.717) is 93.6 Å². The quantitative estimate of drug-likeness (QED) is 0.122. The molecule has 1 saturated heterocycles. The number of carbonyl (C=O) groups is 5. The second kappa shape index (κ2) is 13.8. The topological polar surface area (TPSA) is 197 Å². The fraction of sp³-hybridized carbons (Fsp3) is 0.761. The van der Waals surface area contributed by atoms with Crippen LogP contribution < -0.4 is 0 Å². The number of carbonyl (C=O) groups excluding carboxylic acids is 5. The van der Waals surface area contributed by atoms with Crippen molar-refractivity contribution in [2.24, 2.45) is 40.9 Å². The fourth-order valence-electron chi connectivity index (χ4n) is 15.6. The number of nitrogens with zero attached hydrogens (tertiary/aromatic N) is 1. The van der Waals surface area contributed by atoms with E-state index in [1.807, 2.05) is 0 Å². The van der Waals surface area contributed by atoms with Gasteiger partial charge in [0.25, 0.3) is 5.91 Å². The monoisotopic (exact) mass is 821 g/mol. The van der Waals surface area contributed by atoms with E-state index in [1.54, 1.807) is 13.8 Å². The molecule has 0 radical (unpaired) electrons. The van der Waals surface area contributed by atoms with Crippen LogP contribution in [0, 0.1) is 40.9 Å². The van der Waals surface area contributed by atoms with E-state index in [2.05, 4.69) is 26.7 Å². The molecule has 0 spiro atoms. The lowest BCUT2D eigenvalue weighted by Crippen LogP contribution is -2.69. The van der Waals surface area contributed by atoms with Crippen LogP contribution in [-0.2, 0) is 38.2 Å². The van der Waals surface area contributed by atoms with E-state index < -0.39 is 58.1 Å². The van der Waals surface area contributed by atoms with Crippen LogP contribution in [0.2, 0.25) is 0 Å². The van der Waals surface area contributed by atoms with Gasteiger partial charge in [0.05, 0.1) is 34.4 Å². The molecule has 1 heterocycles. The molecule has 12 fully saturated rings. The van der Waals surface area contributed by atoms with Crippen LogP contribution in [0.4, 0.5) is 0 Å². The fourth-order valence-corrected chi connectivity index (χ4v) is 15.6. The normalized spacial score (nSPS) is 46.7. The van der Waals surface area contributed by atoms with Crippen LogP contribution in [0.1, 0.15) is 130 Å². The molecule has 2 amide bonds. The molecule has 11 saturated carbocycles. The second-order valence-electron chi connectivity index (χ2n) is 21.8. The third-order valence-corrected chi connectivity index (χ3v) is 15.8. The predicted molar refractivity (Wildman–Crippen MR) is 211 cm³/mol. The highest BCUT2D eigenvalue weighted by molar-refractivity contribution is 6.08. The van der Waals surface area contributed by atoms with Gasteiger partial charge < -0.3 is 34.6 Å². The first-order valence-corrected chi connectivity index (χ1v) is 21.7. The van der Waals surface area contributed by atoms with Gasteiger partial charge in [0, 0.05) is 55.2 Å². The lowest BCUT2D eigenvalue weighted by atomic mass is 9.45.